The molecular weight excluding hydrogens is 421 g/mol. The first-order valence-corrected chi connectivity index (χ1v) is 10.8. The fourth-order valence-corrected chi connectivity index (χ4v) is 4.91. The summed E-state index contributed by atoms with van der Waals surface area (Å²) in [5.74, 6) is -0.714. The molecule has 3 aromatic rings. The first-order chi connectivity index (χ1) is 14.8. The molecule has 0 bridgehead atoms. The Kier molecular flexibility index (Phi) is 5.62. The van der Waals surface area contributed by atoms with Gasteiger partial charge in [-0.1, -0.05) is 12.1 Å². The number of halogens is 1. The number of rotatable bonds is 5. The Labute approximate surface area is 182 Å². The van der Waals surface area contributed by atoms with Gasteiger partial charge in [0.05, 0.1) is 5.39 Å². The van der Waals surface area contributed by atoms with Crippen LogP contribution in [0.4, 0.5) is 4.39 Å². The number of carbonyl (C=O) groups is 2. The molecule has 0 aliphatic carbocycles. The van der Waals surface area contributed by atoms with Crippen molar-refractivity contribution in [3.05, 3.63) is 62.3 Å². The third-order valence-corrected chi connectivity index (χ3v) is 6.58. The fourth-order valence-electron chi connectivity index (χ4n) is 3.83. The van der Waals surface area contributed by atoms with Crippen LogP contribution in [0.15, 0.2) is 29.1 Å². The Morgan fingerprint density at radius 3 is 2.90 bits per heavy atom. The molecule has 1 aliphatic rings. The van der Waals surface area contributed by atoms with E-state index >= 15 is 0 Å². The van der Waals surface area contributed by atoms with Crippen molar-refractivity contribution < 1.29 is 18.7 Å². The summed E-state index contributed by atoms with van der Waals surface area (Å²) in [5, 5.41) is 0.435. The molecule has 2 aromatic heterocycles. The number of esters is 1. The van der Waals surface area contributed by atoms with E-state index < -0.39 is 18.0 Å². The van der Waals surface area contributed by atoms with Crippen molar-refractivity contribution in [1.82, 2.24) is 14.5 Å². The second-order valence-electron chi connectivity index (χ2n) is 7.70. The average Bonchev–Trinajstić information content (AvgIpc) is 3.32. The molecule has 0 spiro atoms. The summed E-state index contributed by atoms with van der Waals surface area (Å²) in [6.07, 6.45) is 0.594. The largest absolute Gasteiger partial charge is 0.448 e. The Hall–Kier alpha value is -3.07. The van der Waals surface area contributed by atoms with E-state index in [1.165, 1.54) is 24.0 Å². The number of likely N-dealkylation sites (N-methyl/N-ethyl adjacent to an activating group) is 1. The van der Waals surface area contributed by atoms with Crippen LogP contribution in [0.1, 0.15) is 40.0 Å². The average molecular weight is 444 g/mol. The van der Waals surface area contributed by atoms with E-state index in [4.69, 9.17) is 4.74 Å². The van der Waals surface area contributed by atoms with E-state index in [-0.39, 0.29) is 22.8 Å². The molecule has 0 saturated carbocycles. The Balaban J connectivity index is 1.50. The highest BCUT2D eigenvalue weighted by atomic mass is 32.1. The van der Waals surface area contributed by atoms with Gasteiger partial charge in [-0.15, -0.1) is 11.3 Å². The summed E-state index contributed by atoms with van der Waals surface area (Å²) in [7, 11) is 1.56. The quantitative estimate of drug-likeness (QED) is 0.566. The molecule has 0 radical (unpaired) electrons. The topological polar surface area (TPSA) is 81.5 Å². The van der Waals surface area contributed by atoms with Crippen LogP contribution in [-0.2, 0) is 29.0 Å². The molecular formula is C22H22FN3O4S. The lowest BCUT2D eigenvalue weighted by atomic mass is 10.2. The van der Waals surface area contributed by atoms with Gasteiger partial charge in [0.2, 0.25) is 0 Å². The second-order valence-corrected chi connectivity index (χ2v) is 8.70. The molecule has 1 aliphatic heterocycles. The first-order valence-electron chi connectivity index (χ1n) is 9.99. The number of aromatic nitrogens is 2. The van der Waals surface area contributed by atoms with Gasteiger partial charge in [-0.05, 0) is 43.5 Å². The SMILES string of the molecule is Cc1c(C(=O)OC(C)C(=O)N(C)Cc2cccc(F)c2)sc2nc3n(c(=O)c12)CCC3. The van der Waals surface area contributed by atoms with E-state index in [2.05, 4.69) is 4.98 Å². The molecule has 7 nitrogen and oxygen atoms in total. The number of ether oxygens (including phenoxy) is 1. The number of aryl methyl sites for hydroxylation is 2. The Bertz CT molecular complexity index is 1250. The molecule has 1 atom stereocenters. The predicted molar refractivity (Wildman–Crippen MR) is 115 cm³/mol. The number of hydrogen-bond donors (Lipinski definition) is 0. The fraction of sp³-hybridized carbons (Fsp3) is 0.364. The second kappa shape index (κ2) is 8.22. The van der Waals surface area contributed by atoms with E-state index in [0.717, 1.165) is 30.0 Å². The lowest BCUT2D eigenvalue weighted by molar-refractivity contribution is -0.139. The van der Waals surface area contributed by atoms with Gasteiger partial charge in [0.15, 0.2) is 6.10 Å². The maximum absolute atomic E-state index is 13.4. The maximum atomic E-state index is 13.4. The van der Waals surface area contributed by atoms with Gasteiger partial charge < -0.3 is 9.64 Å². The molecule has 0 saturated heterocycles. The normalized spacial score (nSPS) is 13.8. The van der Waals surface area contributed by atoms with Crippen LogP contribution in [0.3, 0.4) is 0 Å². The van der Waals surface area contributed by atoms with E-state index in [0.29, 0.717) is 27.9 Å². The maximum Gasteiger partial charge on any atom is 0.349 e. The molecule has 3 heterocycles. The van der Waals surface area contributed by atoms with Crippen molar-refractivity contribution in [2.24, 2.45) is 0 Å². The summed E-state index contributed by atoms with van der Waals surface area (Å²) < 4.78 is 20.4. The van der Waals surface area contributed by atoms with Crippen molar-refractivity contribution in [3.63, 3.8) is 0 Å². The molecule has 1 aromatic carbocycles. The van der Waals surface area contributed by atoms with Crippen LogP contribution >= 0.6 is 11.3 Å². The van der Waals surface area contributed by atoms with Gasteiger partial charge in [0.1, 0.15) is 21.3 Å². The van der Waals surface area contributed by atoms with Gasteiger partial charge in [-0.3, -0.25) is 14.2 Å². The lowest BCUT2D eigenvalue weighted by Gasteiger charge is -2.21. The third kappa shape index (κ3) is 3.97. The van der Waals surface area contributed by atoms with Gasteiger partial charge in [0.25, 0.3) is 11.5 Å². The summed E-state index contributed by atoms with van der Waals surface area (Å²) in [6.45, 7) is 4.01. The Morgan fingerprint density at radius 2 is 2.16 bits per heavy atom. The monoisotopic (exact) mass is 443 g/mol. The number of fused-ring (bicyclic) bond motifs is 2. The van der Waals surface area contributed by atoms with Crippen LogP contribution in [-0.4, -0.2) is 39.5 Å². The number of amides is 1. The van der Waals surface area contributed by atoms with Crippen molar-refractivity contribution in [3.8, 4) is 0 Å². The van der Waals surface area contributed by atoms with Crippen molar-refractivity contribution in [2.45, 2.75) is 45.9 Å². The first kappa shape index (κ1) is 21.2. The van der Waals surface area contributed by atoms with E-state index in [1.54, 1.807) is 30.7 Å². The molecule has 0 fully saturated rings. The van der Waals surface area contributed by atoms with E-state index in [9.17, 15) is 18.8 Å². The number of hydrogen-bond acceptors (Lipinski definition) is 6. The number of carbonyl (C=O) groups excluding carboxylic acids is 2. The van der Waals surface area contributed by atoms with Crippen LogP contribution in [0.5, 0.6) is 0 Å². The van der Waals surface area contributed by atoms with Gasteiger partial charge >= 0.3 is 5.97 Å². The van der Waals surface area contributed by atoms with Crippen LogP contribution in [0.25, 0.3) is 10.2 Å². The van der Waals surface area contributed by atoms with Crippen LogP contribution in [0, 0.1) is 12.7 Å². The number of nitrogens with zero attached hydrogens (tertiary/aromatic N) is 3. The zero-order valence-corrected chi connectivity index (χ0v) is 18.3. The molecule has 1 amide bonds. The minimum absolute atomic E-state index is 0.135. The van der Waals surface area contributed by atoms with Crippen molar-refractivity contribution >= 4 is 33.4 Å². The Morgan fingerprint density at radius 1 is 1.39 bits per heavy atom. The summed E-state index contributed by atoms with van der Waals surface area (Å²) in [5.41, 5.74) is 1.02. The highest BCUT2D eigenvalue weighted by molar-refractivity contribution is 7.20. The summed E-state index contributed by atoms with van der Waals surface area (Å²) >= 11 is 1.11. The number of benzene rings is 1. The van der Waals surface area contributed by atoms with E-state index in [1.807, 2.05) is 0 Å². The van der Waals surface area contributed by atoms with Crippen LogP contribution < -0.4 is 5.56 Å². The molecule has 9 heteroatoms. The molecule has 1 unspecified atom stereocenters. The number of thiophene rings is 1. The van der Waals surface area contributed by atoms with Crippen LogP contribution in [0.2, 0.25) is 0 Å². The summed E-state index contributed by atoms with van der Waals surface area (Å²) in [6, 6.07) is 5.97. The zero-order chi connectivity index (χ0) is 22.3. The van der Waals surface area contributed by atoms with Gasteiger partial charge in [-0.25, -0.2) is 14.2 Å². The van der Waals surface area contributed by atoms with Crippen molar-refractivity contribution in [1.29, 1.82) is 0 Å². The van der Waals surface area contributed by atoms with Gasteiger partial charge in [0, 0.05) is 26.6 Å². The third-order valence-electron chi connectivity index (χ3n) is 5.41. The minimum Gasteiger partial charge on any atom is -0.448 e. The molecule has 31 heavy (non-hydrogen) atoms. The standard InChI is InChI=1S/C22H22FN3O4S/c1-12-17-19(24-16-8-5-9-26(16)21(17)28)31-18(12)22(29)30-13(2)20(27)25(3)11-14-6-4-7-15(23)10-14/h4,6-7,10,13H,5,8-9,11H2,1-3H3. The zero-order valence-electron chi connectivity index (χ0n) is 17.5. The summed E-state index contributed by atoms with van der Waals surface area (Å²) in [4.78, 5) is 44.9. The molecule has 4 rings (SSSR count). The van der Waals surface area contributed by atoms with Crippen molar-refractivity contribution in [2.75, 3.05) is 7.05 Å². The lowest BCUT2D eigenvalue weighted by Crippen LogP contribution is -2.37. The van der Waals surface area contributed by atoms with Gasteiger partial charge in [-0.2, -0.15) is 0 Å². The molecule has 162 valence electrons. The highest BCUT2D eigenvalue weighted by Crippen LogP contribution is 2.29. The smallest absolute Gasteiger partial charge is 0.349 e. The highest BCUT2D eigenvalue weighted by Gasteiger charge is 2.27. The minimum atomic E-state index is -1.03. The molecule has 0 N–H and O–H groups in total. The predicted octanol–water partition coefficient (Wildman–Crippen LogP) is 3.06.